The third kappa shape index (κ3) is 3.40. The molecule has 4 aromatic rings. The molecular weight excluding hydrogens is 366 g/mol. The van der Waals surface area contributed by atoms with E-state index in [1.807, 2.05) is 32.0 Å². The quantitative estimate of drug-likeness (QED) is 0.578. The van der Waals surface area contributed by atoms with Crippen LogP contribution in [0.25, 0.3) is 33.4 Å². The number of hydrogen-bond donors (Lipinski definition) is 1. The number of aliphatic hydroxyl groups is 1. The zero-order valence-corrected chi connectivity index (χ0v) is 16.5. The number of nitrogens with zero attached hydrogens (tertiary/aromatic N) is 5. The fraction of sp³-hybridized carbons (Fsp3) is 0.227. The summed E-state index contributed by atoms with van der Waals surface area (Å²) in [4.78, 5) is 31.1. The molecule has 7 heteroatoms. The zero-order valence-electron chi connectivity index (χ0n) is 16.5. The summed E-state index contributed by atoms with van der Waals surface area (Å²) in [7, 11) is 0. The molecule has 146 valence electrons. The molecule has 0 radical (unpaired) electrons. The molecule has 0 aromatic carbocycles. The Hall–Kier alpha value is -3.45. The van der Waals surface area contributed by atoms with Crippen LogP contribution in [0, 0.1) is 13.8 Å². The number of hydrogen-bond acceptors (Lipinski definition) is 6. The van der Waals surface area contributed by atoms with Crippen LogP contribution in [0.5, 0.6) is 0 Å². The van der Waals surface area contributed by atoms with E-state index in [1.54, 1.807) is 31.6 Å². The summed E-state index contributed by atoms with van der Waals surface area (Å²) in [6, 6.07) is 7.11. The van der Waals surface area contributed by atoms with Gasteiger partial charge in [-0.25, -0.2) is 9.97 Å². The number of pyridine rings is 3. The fourth-order valence-corrected chi connectivity index (χ4v) is 3.21. The molecular formula is C22H21N5O2. The van der Waals surface area contributed by atoms with Crippen LogP contribution in [0.15, 0.2) is 54.0 Å². The van der Waals surface area contributed by atoms with Crippen LogP contribution in [-0.2, 0) is 0 Å². The Labute approximate surface area is 167 Å². The fourth-order valence-electron chi connectivity index (χ4n) is 3.21. The Balaban J connectivity index is 2.07. The van der Waals surface area contributed by atoms with Crippen molar-refractivity contribution in [2.45, 2.75) is 26.8 Å². The van der Waals surface area contributed by atoms with E-state index in [9.17, 15) is 9.90 Å². The van der Waals surface area contributed by atoms with Gasteiger partial charge in [-0.2, -0.15) is 0 Å². The van der Waals surface area contributed by atoms with Crippen LogP contribution in [0.3, 0.4) is 0 Å². The standard InChI is InChI=1S/C22H21N5O2/c1-13-6-7-23-10-18(13)21-20-17(22(29)27(12-25-20)15(3)11-28)8-19(26-21)16-5-4-14(2)24-9-16/h4-10,12,15,28H,11H2,1-3H3/t15-/m0/s1. The number of aromatic nitrogens is 5. The van der Waals surface area contributed by atoms with E-state index in [4.69, 9.17) is 4.98 Å². The van der Waals surface area contributed by atoms with Crippen LogP contribution in [0.1, 0.15) is 24.2 Å². The Kier molecular flexibility index (Phi) is 4.90. The molecule has 0 aliphatic heterocycles. The highest BCUT2D eigenvalue weighted by Crippen LogP contribution is 2.30. The molecule has 29 heavy (non-hydrogen) atoms. The Morgan fingerprint density at radius 2 is 1.97 bits per heavy atom. The molecule has 0 spiro atoms. The first-order valence-electron chi connectivity index (χ1n) is 9.36. The van der Waals surface area contributed by atoms with E-state index in [0.29, 0.717) is 22.3 Å². The van der Waals surface area contributed by atoms with Crippen LogP contribution in [0.4, 0.5) is 0 Å². The first-order chi connectivity index (χ1) is 14.0. The van der Waals surface area contributed by atoms with E-state index in [2.05, 4.69) is 15.0 Å². The maximum Gasteiger partial charge on any atom is 0.261 e. The molecule has 4 aromatic heterocycles. The highest BCUT2D eigenvalue weighted by Gasteiger charge is 2.17. The van der Waals surface area contributed by atoms with Gasteiger partial charge in [-0.1, -0.05) is 0 Å². The predicted octanol–water partition coefficient (Wildman–Crippen LogP) is 3.09. The minimum Gasteiger partial charge on any atom is -0.394 e. The second-order valence-corrected chi connectivity index (χ2v) is 7.12. The normalized spacial score (nSPS) is 12.3. The lowest BCUT2D eigenvalue weighted by Gasteiger charge is -2.15. The topological polar surface area (TPSA) is 93.8 Å². The molecule has 0 unspecified atom stereocenters. The van der Waals surface area contributed by atoms with Crippen LogP contribution >= 0.6 is 0 Å². The summed E-state index contributed by atoms with van der Waals surface area (Å²) in [5.74, 6) is 0. The minimum atomic E-state index is -0.374. The molecule has 0 aliphatic rings. The molecule has 1 atom stereocenters. The second-order valence-electron chi connectivity index (χ2n) is 7.12. The Morgan fingerprint density at radius 1 is 1.14 bits per heavy atom. The Bertz CT molecular complexity index is 1250. The molecule has 0 amide bonds. The van der Waals surface area contributed by atoms with E-state index in [-0.39, 0.29) is 18.2 Å². The number of fused-ring (bicyclic) bond motifs is 1. The van der Waals surface area contributed by atoms with Crippen molar-refractivity contribution in [3.63, 3.8) is 0 Å². The zero-order chi connectivity index (χ0) is 20.5. The van der Waals surface area contributed by atoms with Crippen molar-refractivity contribution >= 4 is 10.9 Å². The van der Waals surface area contributed by atoms with Crippen molar-refractivity contribution in [2.75, 3.05) is 6.61 Å². The van der Waals surface area contributed by atoms with Gasteiger partial charge in [0.1, 0.15) is 5.52 Å². The minimum absolute atomic E-state index is 0.151. The first-order valence-corrected chi connectivity index (χ1v) is 9.36. The van der Waals surface area contributed by atoms with Gasteiger partial charge in [-0.3, -0.25) is 19.3 Å². The van der Waals surface area contributed by atoms with Gasteiger partial charge < -0.3 is 5.11 Å². The van der Waals surface area contributed by atoms with E-state index in [1.165, 1.54) is 10.9 Å². The van der Waals surface area contributed by atoms with Crippen molar-refractivity contribution in [1.29, 1.82) is 0 Å². The number of aliphatic hydroxyl groups excluding tert-OH is 1. The van der Waals surface area contributed by atoms with Crippen molar-refractivity contribution in [3.05, 3.63) is 70.8 Å². The molecule has 0 aliphatic carbocycles. The summed E-state index contributed by atoms with van der Waals surface area (Å²) in [5, 5.41) is 9.94. The van der Waals surface area contributed by atoms with Crippen molar-refractivity contribution in [1.82, 2.24) is 24.5 Å². The van der Waals surface area contributed by atoms with Crippen LogP contribution in [-0.4, -0.2) is 36.2 Å². The largest absolute Gasteiger partial charge is 0.394 e. The van der Waals surface area contributed by atoms with Crippen LogP contribution < -0.4 is 5.56 Å². The molecule has 1 N–H and O–H groups in total. The van der Waals surface area contributed by atoms with Gasteiger partial charge in [0.25, 0.3) is 5.56 Å². The van der Waals surface area contributed by atoms with Gasteiger partial charge in [0.05, 0.1) is 35.8 Å². The molecule has 0 saturated carbocycles. The van der Waals surface area contributed by atoms with Crippen molar-refractivity contribution in [3.8, 4) is 22.5 Å². The van der Waals surface area contributed by atoms with Crippen molar-refractivity contribution < 1.29 is 5.11 Å². The lowest BCUT2D eigenvalue weighted by atomic mass is 10.0. The Morgan fingerprint density at radius 3 is 2.66 bits per heavy atom. The lowest BCUT2D eigenvalue weighted by Crippen LogP contribution is -2.26. The summed E-state index contributed by atoms with van der Waals surface area (Å²) in [5.41, 5.74) is 5.05. The smallest absolute Gasteiger partial charge is 0.261 e. The monoisotopic (exact) mass is 387 g/mol. The molecule has 0 saturated heterocycles. The van der Waals surface area contributed by atoms with Gasteiger partial charge in [0, 0.05) is 35.4 Å². The predicted molar refractivity (Wildman–Crippen MR) is 112 cm³/mol. The van der Waals surface area contributed by atoms with Gasteiger partial charge >= 0.3 is 0 Å². The molecule has 7 nitrogen and oxygen atoms in total. The van der Waals surface area contributed by atoms with Gasteiger partial charge in [-0.05, 0) is 50.6 Å². The SMILES string of the molecule is Cc1ccc(-c2cc3c(=O)n([C@@H](C)CO)cnc3c(-c3cnccc3C)n2)cn1. The summed E-state index contributed by atoms with van der Waals surface area (Å²) in [6.45, 7) is 5.51. The van der Waals surface area contributed by atoms with Crippen molar-refractivity contribution in [2.24, 2.45) is 0 Å². The summed E-state index contributed by atoms with van der Waals surface area (Å²) in [6.07, 6.45) is 6.67. The third-order valence-corrected chi connectivity index (χ3v) is 5.01. The number of aryl methyl sites for hydroxylation is 2. The van der Waals surface area contributed by atoms with E-state index >= 15 is 0 Å². The molecule has 0 bridgehead atoms. The average Bonchev–Trinajstić information content (AvgIpc) is 2.74. The maximum absolute atomic E-state index is 13.2. The van der Waals surface area contributed by atoms with Crippen LogP contribution in [0.2, 0.25) is 0 Å². The van der Waals surface area contributed by atoms with Gasteiger partial charge in [-0.15, -0.1) is 0 Å². The average molecular weight is 387 g/mol. The molecule has 0 fully saturated rings. The highest BCUT2D eigenvalue weighted by molar-refractivity contribution is 5.94. The highest BCUT2D eigenvalue weighted by atomic mass is 16.3. The van der Waals surface area contributed by atoms with E-state index < -0.39 is 0 Å². The third-order valence-electron chi connectivity index (χ3n) is 5.01. The van der Waals surface area contributed by atoms with Gasteiger partial charge in [0.2, 0.25) is 0 Å². The first kappa shape index (κ1) is 18.9. The lowest BCUT2D eigenvalue weighted by molar-refractivity contribution is 0.236. The molecule has 4 heterocycles. The number of rotatable bonds is 4. The molecule has 4 rings (SSSR count). The summed E-state index contributed by atoms with van der Waals surface area (Å²) >= 11 is 0. The summed E-state index contributed by atoms with van der Waals surface area (Å²) < 4.78 is 1.44. The maximum atomic E-state index is 13.2. The second kappa shape index (κ2) is 7.52. The van der Waals surface area contributed by atoms with E-state index in [0.717, 1.165) is 22.4 Å². The van der Waals surface area contributed by atoms with Gasteiger partial charge in [0.15, 0.2) is 0 Å².